The molecule has 1 aliphatic carbocycles. The molecule has 0 aromatic heterocycles. The highest BCUT2D eigenvalue weighted by molar-refractivity contribution is 5.87. The molecule has 1 aliphatic rings. The number of carbonyl (C=O) groups excluding carboxylic acids is 1. The summed E-state index contributed by atoms with van der Waals surface area (Å²) >= 11 is 0. The predicted molar refractivity (Wildman–Crippen MR) is 109 cm³/mol. The van der Waals surface area contributed by atoms with Gasteiger partial charge in [-0.15, -0.1) is 0 Å². The Morgan fingerprint density at radius 2 is 1.44 bits per heavy atom. The van der Waals surface area contributed by atoms with Gasteiger partial charge < -0.3 is 25.3 Å². The Labute approximate surface area is 165 Å². The number of hydrogen-bond acceptors (Lipinski definition) is 5. The largest absolute Gasteiger partial charge is 0.379 e. The lowest BCUT2D eigenvalue weighted by atomic mass is 9.78. The summed E-state index contributed by atoms with van der Waals surface area (Å²) in [6.45, 7) is 16.0. The van der Waals surface area contributed by atoms with Crippen LogP contribution in [0.4, 0.5) is 0 Å². The summed E-state index contributed by atoms with van der Waals surface area (Å²) in [7, 11) is 0. The number of nitrogens with two attached hydrogens (primary N) is 1. The number of carbonyl (C=O) groups is 1. The second-order valence-electron chi connectivity index (χ2n) is 9.47. The van der Waals surface area contributed by atoms with Crippen molar-refractivity contribution < 1.29 is 19.0 Å². The highest BCUT2D eigenvalue weighted by Gasteiger charge is 2.66. The Kier molecular flexibility index (Phi) is 10.2. The first-order valence-electron chi connectivity index (χ1n) is 10.4. The SMILES string of the molecule is CC(C)(C)CC1(C(=O)NCCCOCCOCCOCCCN)CC1(C)C. The molecule has 0 bridgehead atoms. The molecule has 0 aromatic rings. The zero-order chi connectivity index (χ0) is 20.4. The molecule has 0 radical (unpaired) electrons. The average molecular weight is 387 g/mol. The van der Waals surface area contributed by atoms with Crippen LogP contribution in [0.5, 0.6) is 0 Å². The molecular weight excluding hydrogens is 344 g/mol. The van der Waals surface area contributed by atoms with Crippen molar-refractivity contribution in [2.24, 2.45) is 22.0 Å². The van der Waals surface area contributed by atoms with Crippen LogP contribution in [-0.4, -0.2) is 58.6 Å². The third kappa shape index (κ3) is 8.90. The van der Waals surface area contributed by atoms with Crippen LogP contribution < -0.4 is 11.1 Å². The van der Waals surface area contributed by atoms with E-state index in [1.165, 1.54) is 0 Å². The van der Waals surface area contributed by atoms with Crippen molar-refractivity contribution in [2.75, 3.05) is 52.7 Å². The Bertz CT molecular complexity index is 434. The monoisotopic (exact) mass is 386 g/mol. The molecular formula is C21H42N2O4. The Morgan fingerprint density at radius 1 is 0.963 bits per heavy atom. The molecule has 0 aromatic carbocycles. The summed E-state index contributed by atoms with van der Waals surface area (Å²) in [6.07, 6.45) is 3.62. The minimum absolute atomic E-state index is 0.103. The molecule has 0 heterocycles. The van der Waals surface area contributed by atoms with E-state index in [0.29, 0.717) is 52.7 Å². The van der Waals surface area contributed by atoms with Crippen LogP contribution in [0.3, 0.4) is 0 Å². The Hall–Kier alpha value is -0.690. The zero-order valence-electron chi connectivity index (χ0n) is 18.2. The first-order chi connectivity index (χ1) is 12.6. The quantitative estimate of drug-likeness (QED) is 0.423. The van der Waals surface area contributed by atoms with Crippen LogP contribution in [0.2, 0.25) is 0 Å². The number of ether oxygens (including phenoxy) is 3. The van der Waals surface area contributed by atoms with Crippen LogP contribution in [0.15, 0.2) is 0 Å². The van der Waals surface area contributed by atoms with E-state index in [0.717, 1.165) is 25.7 Å². The van der Waals surface area contributed by atoms with E-state index < -0.39 is 0 Å². The fourth-order valence-corrected chi connectivity index (χ4v) is 3.66. The number of nitrogens with one attached hydrogen (secondary N) is 1. The maximum Gasteiger partial charge on any atom is 0.226 e. The van der Waals surface area contributed by atoms with E-state index in [-0.39, 0.29) is 22.2 Å². The lowest BCUT2D eigenvalue weighted by Crippen LogP contribution is -2.38. The lowest BCUT2D eigenvalue weighted by Gasteiger charge is -2.28. The molecule has 1 fully saturated rings. The molecule has 1 atom stereocenters. The van der Waals surface area contributed by atoms with Crippen molar-refractivity contribution in [3.8, 4) is 0 Å². The van der Waals surface area contributed by atoms with Gasteiger partial charge in [0.2, 0.25) is 5.91 Å². The van der Waals surface area contributed by atoms with Crippen molar-refractivity contribution >= 4 is 5.91 Å². The van der Waals surface area contributed by atoms with Crippen LogP contribution >= 0.6 is 0 Å². The van der Waals surface area contributed by atoms with Crippen molar-refractivity contribution in [3.05, 3.63) is 0 Å². The van der Waals surface area contributed by atoms with E-state index in [4.69, 9.17) is 19.9 Å². The summed E-state index contributed by atoms with van der Waals surface area (Å²) < 4.78 is 16.3. The molecule has 1 amide bonds. The third-order valence-corrected chi connectivity index (χ3v) is 5.17. The van der Waals surface area contributed by atoms with Gasteiger partial charge in [-0.25, -0.2) is 0 Å². The first-order valence-corrected chi connectivity index (χ1v) is 10.4. The van der Waals surface area contributed by atoms with Crippen LogP contribution in [0, 0.1) is 16.2 Å². The molecule has 0 saturated heterocycles. The van der Waals surface area contributed by atoms with Crippen molar-refractivity contribution in [2.45, 2.75) is 60.3 Å². The first kappa shape index (κ1) is 24.3. The van der Waals surface area contributed by atoms with Gasteiger partial charge in [0, 0.05) is 19.8 Å². The molecule has 6 nitrogen and oxygen atoms in total. The molecule has 160 valence electrons. The maximum absolute atomic E-state index is 12.7. The molecule has 1 unspecified atom stereocenters. The number of amides is 1. The van der Waals surface area contributed by atoms with Crippen LogP contribution in [0.1, 0.15) is 60.3 Å². The highest BCUT2D eigenvalue weighted by atomic mass is 16.5. The molecule has 1 rings (SSSR count). The van der Waals surface area contributed by atoms with Crippen LogP contribution in [0.25, 0.3) is 0 Å². The van der Waals surface area contributed by atoms with Gasteiger partial charge in [0.15, 0.2) is 0 Å². The fraction of sp³-hybridized carbons (Fsp3) is 0.952. The molecule has 0 aliphatic heterocycles. The fourth-order valence-electron chi connectivity index (χ4n) is 3.66. The number of hydrogen-bond donors (Lipinski definition) is 2. The van der Waals surface area contributed by atoms with Gasteiger partial charge in [0.05, 0.1) is 31.8 Å². The van der Waals surface area contributed by atoms with E-state index in [1.807, 2.05) is 0 Å². The predicted octanol–water partition coefficient (Wildman–Crippen LogP) is 2.74. The molecule has 6 heteroatoms. The summed E-state index contributed by atoms with van der Waals surface area (Å²) in [5.41, 5.74) is 5.44. The topological polar surface area (TPSA) is 82.8 Å². The normalized spacial score (nSPS) is 21.3. The van der Waals surface area contributed by atoms with E-state index in [1.54, 1.807) is 0 Å². The lowest BCUT2D eigenvalue weighted by molar-refractivity contribution is -0.128. The second-order valence-corrected chi connectivity index (χ2v) is 9.47. The highest BCUT2D eigenvalue weighted by Crippen LogP contribution is 2.67. The van der Waals surface area contributed by atoms with Gasteiger partial charge in [0.1, 0.15) is 0 Å². The average Bonchev–Trinajstić information content (AvgIpc) is 3.11. The zero-order valence-corrected chi connectivity index (χ0v) is 18.2. The third-order valence-electron chi connectivity index (χ3n) is 5.17. The minimum Gasteiger partial charge on any atom is -0.379 e. The van der Waals surface area contributed by atoms with Gasteiger partial charge in [0.25, 0.3) is 0 Å². The molecule has 0 spiro atoms. The second kappa shape index (κ2) is 11.3. The van der Waals surface area contributed by atoms with Crippen molar-refractivity contribution in [1.29, 1.82) is 0 Å². The summed E-state index contributed by atoms with van der Waals surface area (Å²) in [5, 5.41) is 3.12. The Balaban J connectivity index is 2.03. The van der Waals surface area contributed by atoms with Gasteiger partial charge in [-0.3, -0.25) is 4.79 Å². The molecule has 1 saturated carbocycles. The smallest absolute Gasteiger partial charge is 0.226 e. The van der Waals surface area contributed by atoms with Gasteiger partial charge >= 0.3 is 0 Å². The van der Waals surface area contributed by atoms with E-state index in [2.05, 4.69) is 39.9 Å². The van der Waals surface area contributed by atoms with Gasteiger partial charge in [-0.2, -0.15) is 0 Å². The number of rotatable bonds is 15. The molecule has 3 N–H and O–H groups in total. The van der Waals surface area contributed by atoms with E-state index in [9.17, 15) is 4.79 Å². The minimum atomic E-state index is -0.202. The van der Waals surface area contributed by atoms with Crippen molar-refractivity contribution in [1.82, 2.24) is 5.32 Å². The maximum atomic E-state index is 12.7. The standard InChI is InChI=1S/C21H42N2O4/c1-19(2,3)16-21(17-20(21,4)5)18(24)23-9-7-11-26-13-15-27-14-12-25-10-6-8-22/h6-17,22H2,1-5H3,(H,23,24). The summed E-state index contributed by atoms with van der Waals surface area (Å²) in [6, 6.07) is 0. The molecule has 27 heavy (non-hydrogen) atoms. The Morgan fingerprint density at radius 3 is 1.89 bits per heavy atom. The van der Waals surface area contributed by atoms with Gasteiger partial charge in [-0.1, -0.05) is 34.6 Å². The van der Waals surface area contributed by atoms with Crippen molar-refractivity contribution in [3.63, 3.8) is 0 Å². The summed E-state index contributed by atoms with van der Waals surface area (Å²) in [5.74, 6) is 0.209. The van der Waals surface area contributed by atoms with Crippen LogP contribution in [-0.2, 0) is 19.0 Å². The summed E-state index contributed by atoms with van der Waals surface area (Å²) in [4.78, 5) is 12.7. The van der Waals surface area contributed by atoms with Gasteiger partial charge in [-0.05, 0) is 43.1 Å². The van der Waals surface area contributed by atoms with E-state index >= 15 is 0 Å².